The van der Waals surface area contributed by atoms with Crippen LogP contribution < -0.4 is 10.0 Å². The molecule has 0 radical (unpaired) electrons. The van der Waals surface area contributed by atoms with Crippen LogP contribution in [-0.2, 0) is 17.5 Å². The number of alkyl halides is 3. The molecule has 0 aliphatic carbocycles. The van der Waals surface area contributed by atoms with Crippen LogP contribution in [0.5, 0.6) is 0 Å². The third-order valence-electron chi connectivity index (χ3n) is 3.91. The molecule has 2 aromatic rings. The van der Waals surface area contributed by atoms with E-state index in [0.29, 0.717) is 23.7 Å². The van der Waals surface area contributed by atoms with Gasteiger partial charge in [-0.2, -0.15) is 13.2 Å². The first-order valence-electron chi connectivity index (χ1n) is 11.5. The number of nitrogens with zero attached hydrogens (tertiary/aromatic N) is 1. The Hall–Kier alpha value is -2.42. The maximum atomic E-state index is 12.0. The lowest BCUT2D eigenvalue weighted by Gasteiger charge is -2.03. The molecule has 2 rings (SSSR count). The molecule has 38 heavy (non-hydrogen) atoms. The van der Waals surface area contributed by atoms with Crippen molar-refractivity contribution in [3.05, 3.63) is 76.7 Å². The summed E-state index contributed by atoms with van der Waals surface area (Å²) in [5, 5.41) is 3.44. The molecule has 5 nitrogen and oxygen atoms in total. The summed E-state index contributed by atoms with van der Waals surface area (Å²) in [6, 6.07) is 10.4. The molecule has 1 unspecified atom stereocenters. The van der Waals surface area contributed by atoms with E-state index in [9.17, 15) is 22.2 Å². The summed E-state index contributed by atoms with van der Waals surface area (Å²) in [6.07, 6.45) is 8.98. The Morgan fingerprint density at radius 2 is 1.79 bits per heavy atom. The van der Waals surface area contributed by atoms with Gasteiger partial charge in [0.25, 0.3) is 5.91 Å². The van der Waals surface area contributed by atoms with Crippen LogP contribution in [0.3, 0.4) is 0 Å². The zero-order valence-corrected chi connectivity index (χ0v) is 24.6. The van der Waals surface area contributed by atoms with Crippen molar-refractivity contribution >= 4 is 39.8 Å². The lowest BCUT2D eigenvalue weighted by Crippen LogP contribution is -2.22. The van der Waals surface area contributed by atoms with Gasteiger partial charge in [0.05, 0.1) is 13.0 Å². The maximum absolute atomic E-state index is 12.0. The van der Waals surface area contributed by atoms with E-state index in [1.54, 1.807) is 24.3 Å². The minimum absolute atomic E-state index is 0.156. The Bertz CT molecular complexity index is 989. The molecule has 0 saturated carbocycles. The first kappa shape index (κ1) is 37.7. The molecule has 0 aliphatic heterocycles. The molecular weight excluding hydrogens is 555 g/mol. The third kappa shape index (κ3) is 20.6. The van der Waals surface area contributed by atoms with E-state index in [4.69, 9.17) is 11.6 Å². The molecule has 1 heterocycles. The summed E-state index contributed by atoms with van der Waals surface area (Å²) in [6.45, 7) is 9.16. The van der Waals surface area contributed by atoms with E-state index in [1.807, 2.05) is 26.0 Å². The number of allylic oxidation sites excluding steroid dienone is 2. The summed E-state index contributed by atoms with van der Waals surface area (Å²) in [7, 11) is 2.94. The van der Waals surface area contributed by atoms with Crippen LogP contribution in [0.25, 0.3) is 0 Å². The lowest BCUT2D eigenvalue weighted by molar-refractivity contribution is -0.124. The number of terminal acetylenes is 1. The van der Waals surface area contributed by atoms with Crippen LogP contribution in [0.2, 0.25) is 5.02 Å². The second-order valence-corrected chi connectivity index (χ2v) is 10.6. The van der Waals surface area contributed by atoms with Gasteiger partial charge >= 0.3 is 6.18 Å². The van der Waals surface area contributed by atoms with Crippen molar-refractivity contribution in [2.75, 3.05) is 27.2 Å². The van der Waals surface area contributed by atoms with E-state index in [0.717, 1.165) is 28.1 Å². The number of carbonyl (C=O) groups is 1. The van der Waals surface area contributed by atoms with E-state index >= 15 is 0 Å². The number of likely N-dealkylation sites (N-methyl/N-ethyl adjacent to an activating group) is 1. The Kier molecular flexibility index (Phi) is 22.4. The number of rotatable bonds is 10. The SMILES string of the molecule is C#C.C/C=C/CN(C)C.C=CCC(F)(F)F.CCCNS(=O)c1ccc(CNC(=O)c2ccc(Cl)cc2)s1. The fourth-order valence-electron chi connectivity index (χ4n) is 2.17. The van der Waals surface area contributed by atoms with Crippen LogP contribution in [0.4, 0.5) is 13.2 Å². The zero-order valence-electron chi connectivity index (χ0n) is 22.2. The summed E-state index contributed by atoms with van der Waals surface area (Å²) >= 11 is 7.23. The van der Waals surface area contributed by atoms with Crippen molar-refractivity contribution in [3.63, 3.8) is 0 Å². The number of amides is 1. The molecule has 212 valence electrons. The minimum atomic E-state index is -4.07. The fraction of sp³-hybridized carbons (Fsp3) is 0.370. The maximum Gasteiger partial charge on any atom is 0.392 e. The van der Waals surface area contributed by atoms with Gasteiger partial charge in [-0.05, 0) is 63.8 Å². The second-order valence-electron chi connectivity index (χ2n) is 7.51. The normalized spacial score (nSPS) is 11.2. The van der Waals surface area contributed by atoms with Crippen LogP contribution in [0.15, 0.2) is 65.4 Å². The lowest BCUT2D eigenvalue weighted by atomic mass is 10.2. The van der Waals surface area contributed by atoms with Gasteiger partial charge in [-0.15, -0.1) is 30.8 Å². The molecular formula is C27H37ClF3N3O2S2. The first-order valence-corrected chi connectivity index (χ1v) is 13.8. The fourth-order valence-corrected chi connectivity index (χ4v) is 4.49. The average Bonchev–Trinajstić information content (AvgIpc) is 3.35. The summed E-state index contributed by atoms with van der Waals surface area (Å²) in [4.78, 5) is 15.1. The number of hydrogen-bond acceptors (Lipinski definition) is 4. The van der Waals surface area contributed by atoms with Crippen molar-refractivity contribution in [2.24, 2.45) is 0 Å². The highest BCUT2D eigenvalue weighted by atomic mass is 35.5. The van der Waals surface area contributed by atoms with Crippen molar-refractivity contribution in [1.82, 2.24) is 14.9 Å². The zero-order chi connectivity index (χ0) is 29.6. The highest BCUT2D eigenvalue weighted by Crippen LogP contribution is 2.20. The highest BCUT2D eigenvalue weighted by molar-refractivity contribution is 7.85. The van der Waals surface area contributed by atoms with Crippen LogP contribution >= 0.6 is 22.9 Å². The Morgan fingerprint density at radius 3 is 2.21 bits per heavy atom. The molecule has 1 aromatic carbocycles. The Balaban J connectivity index is 0. The van der Waals surface area contributed by atoms with Crippen molar-refractivity contribution in [1.29, 1.82) is 0 Å². The molecule has 0 spiro atoms. The van der Waals surface area contributed by atoms with Gasteiger partial charge in [0, 0.05) is 28.6 Å². The summed E-state index contributed by atoms with van der Waals surface area (Å²) in [5.74, 6) is -0.156. The van der Waals surface area contributed by atoms with Crippen molar-refractivity contribution in [2.45, 2.75) is 43.6 Å². The van der Waals surface area contributed by atoms with Crippen molar-refractivity contribution in [3.8, 4) is 12.8 Å². The largest absolute Gasteiger partial charge is 0.392 e. The molecule has 1 amide bonds. The monoisotopic (exact) mass is 591 g/mol. The standard InChI is InChI=1S/C15H17ClN2O2S2.C6H13N.C4H5F3.C2H2/c1-2-9-18-22(20)14-8-7-13(21-14)10-17-15(19)11-3-5-12(16)6-4-11;1-4-5-6-7(2)3;1-2-3-4(5,6)7;1-2/h3-8,18H,2,9-10H2,1H3,(H,17,19);4-5H,6H2,1-3H3;2H,1,3H2;1-2H/b;5-4+;;. The summed E-state index contributed by atoms with van der Waals surface area (Å²) < 4.78 is 48.6. The summed E-state index contributed by atoms with van der Waals surface area (Å²) in [5.41, 5.74) is 0.564. The van der Waals surface area contributed by atoms with Crippen molar-refractivity contribution < 1.29 is 22.2 Å². The molecule has 0 fully saturated rings. The Labute approximate surface area is 236 Å². The number of nitrogens with one attached hydrogen (secondary N) is 2. The van der Waals surface area contributed by atoms with Gasteiger partial charge in [-0.25, -0.2) is 8.93 Å². The Morgan fingerprint density at radius 1 is 1.18 bits per heavy atom. The number of benzene rings is 1. The molecule has 1 atom stereocenters. The molecule has 2 N–H and O–H groups in total. The molecule has 0 saturated heterocycles. The smallest absolute Gasteiger partial charge is 0.347 e. The number of halogens is 4. The second kappa shape index (κ2) is 22.6. The predicted octanol–water partition coefficient (Wildman–Crippen LogP) is 6.85. The number of hydrogen-bond donors (Lipinski definition) is 2. The van der Waals surface area contributed by atoms with Crippen LogP contribution in [0.1, 0.15) is 41.9 Å². The van der Waals surface area contributed by atoms with Gasteiger partial charge < -0.3 is 10.2 Å². The minimum Gasteiger partial charge on any atom is -0.347 e. The number of thiophene rings is 1. The van der Waals surface area contributed by atoms with Gasteiger partial charge in [0.1, 0.15) is 15.2 Å². The molecule has 0 aliphatic rings. The average molecular weight is 592 g/mol. The molecule has 0 bridgehead atoms. The number of carbonyl (C=O) groups excluding carboxylic acids is 1. The van der Waals surface area contributed by atoms with Gasteiger partial charge in [0.15, 0.2) is 0 Å². The van der Waals surface area contributed by atoms with Crippen LogP contribution in [0, 0.1) is 12.8 Å². The molecule has 11 heteroatoms. The first-order chi connectivity index (χ1) is 17.9. The van der Waals surface area contributed by atoms with Gasteiger partial charge in [0.2, 0.25) is 0 Å². The van der Waals surface area contributed by atoms with E-state index in [-0.39, 0.29) is 5.91 Å². The highest BCUT2D eigenvalue weighted by Gasteiger charge is 2.23. The third-order valence-corrected chi connectivity index (χ3v) is 6.72. The van der Waals surface area contributed by atoms with Crippen LogP contribution in [-0.4, -0.2) is 48.4 Å². The quantitative estimate of drug-likeness (QED) is 0.235. The predicted molar refractivity (Wildman–Crippen MR) is 156 cm³/mol. The van der Waals surface area contributed by atoms with Gasteiger partial charge in [-0.3, -0.25) is 4.79 Å². The van der Waals surface area contributed by atoms with Gasteiger partial charge in [-0.1, -0.05) is 36.8 Å². The van der Waals surface area contributed by atoms with E-state index < -0.39 is 23.6 Å². The van der Waals surface area contributed by atoms with E-state index in [1.165, 1.54) is 11.3 Å². The molecule has 1 aromatic heterocycles. The topological polar surface area (TPSA) is 61.4 Å². The van der Waals surface area contributed by atoms with E-state index in [2.05, 4.69) is 60.6 Å².